The summed E-state index contributed by atoms with van der Waals surface area (Å²) in [5.41, 5.74) is 2.02. The average molecular weight is 301 g/mol. The highest BCUT2D eigenvalue weighted by Crippen LogP contribution is 2.24. The molecule has 0 aliphatic carbocycles. The molecule has 2 aromatic heterocycles. The SMILES string of the molecule is CCCCC(c1cccnc1)N(C)C(=O)NCc1ccoc1. The number of carbonyl (C=O) groups is 1. The summed E-state index contributed by atoms with van der Waals surface area (Å²) in [5.74, 6) is 0. The molecule has 1 atom stereocenters. The van der Waals surface area contributed by atoms with Crippen LogP contribution in [0.2, 0.25) is 0 Å². The minimum atomic E-state index is -0.0915. The van der Waals surface area contributed by atoms with E-state index < -0.39 is 0 Å². The Labute approximate surface area is 131 Å². The Hall–Kier alpha value is -2.30. The topological polar surface area (TPSA) is 58.4 Å². The van der Waals surface area contributed by atoms with E-state index in [2.05, 4.69) is 17.2 Å². The van der Waals surface area contributed by atoms with Gasteiger partial charge in [0.25, 0.3) is 0 Å². The number of rotatable bonds is 7. The van der Waals surface area contributed by atoms with Crippen molar-refractivity contribution in [3.8, 4) is 0 Å². The van der Waals surface area contributed by atoms with Crippen LogP contribution in [0.5, 0.6) is 0 Å². The predicted molar refractivity (Wildman–Crippen MR) is 85.2 cm³/mol. The number of carbonyl (C=O) groups excluding carboxylic acids is 1. The van der Waals surface area contributed by atoms with Crippen molar-refractivity contribution < 1.29 is 9.21 Å². The summed E-state index contributed by atoms with van der Waals surface area (Å²) in [6.07, 6.45) is 9.92. The highest BCUT2D eigenvalue weighted by Gasteiger charge is 2.21. The predicted octanol–water partition coefficient (Wildman–Crippen LogP) is 3.75. The Balaban J connectivity index is 2.00. The lowest BCUT2D eigenvalue weighted by molar-refractivity contribution is 0.185. The number of nitrogens with one attached hydrogen (secondary N) is 1. The monoisotopic (exact) mass is 301 g/mol. The van der Waals surface area contributed by atoms with Crippen LogP contribution in [-0.4, -0.2) is 23.0 Å². The summed E-state index contributed by atoms with van der Waals surface area (Å²) in [4.78, 5) is 18.3. The van der Waals surface area contributed by atoms with Crippen LogP contribution < -0.4 is 5.32 Å². The molecule has 0 spiro atoms. The standard InChI is InChI=1S/C17H23N3O2/c1-3-4-7-16(15-6-5-9-18-12-15)20(2)17(21)19-11-14-8-10-22-13-14/h5-6,8-10,12-13,16H,3-4,7,11H2,1-2H3,(H,19,21). The molecule has 118 valence electrons. The summed E-state index contributed by atoms with van der Waals surface area (Å²) in [5, 5.41) is 2.92. The number of pyridine rings is 1. The van der Waals surface area contributed by atoms with Crippen LogP contribution >= 0.6 is 0 Å². The Morgan fingerprint density at radius 1 is 1.45 bits per heavy atom. The molecular formula is C17H23N3O2. The van der Waals surface area contributed by atoms with Crippen molar-refractivity contribution in [3.05, 3.63) is 54.2 Å². The zero-order chi connectivity index (χ0) is 15.8. The molecule has 2 heterocycles. The van der Waals surface area contributed by atoms with Crippen LogP contribution in [0.25, 0.3) is 0 Å². The van der Waals surface area contributed by atoms with Gasteiger partial charge in [-0.3, -0.25) is 4.98 Å². The van der Waals surface area contributed by atoms with Gasteiger partial charge in [-0.05, 0) is 24.1 Å². The fraction of sp³-hybridized carbons (Fsp3) is 0.412. The maximum Gasteiger partial charge on any atom is 0.317 e. The maximum absolute atomic E-state index is 12.4. The quantitative estimate of drug-likeness (QED) is 0.847. The van der Waals surface area contributed by atoms with Crippen LogP contribution in [-0.2, 0) is 6.54 Å². The smallest absolute Gasteiger partial charge is 0.317 e. The van der Waals surface area contributed by atoms with Gasteiger partial charge in [0.15, 0.2) is 0 Å². The van der Waals surface area contributed by atoms with Crippen molar-refractivity contribution in [2.24, 2.45) is 0 Å². The molecule has 2 aromatic rings. The van der Waals surface area contributed by atoms with Gasteiger partial charge in [-0.1, -0.05) is 25.8 Å². The Kier molecular flexibility index (Phi) is 6.01. The second kappa shape index (κ2) is 8.22. The number of unbranched alkanes of at least 4 members (excludes halogenated alkanes) is 1. The third-order valence-corrected chi connectivity index (χ3v) is 3.71. The molecule has 22 heavy (non-hydrogen) atoms. The van der Waals surface area contributed by atoms with E-state index >= 15 is 0 Å². The van der Waals surface area contributed by atoms with Crippen LogP contribution in [0.15, 0.2) is 47.5 Å². The third-order valence-electron chi connectivity index (χ3n) is 3.71. The third kappa shape index (κ3) is 4.35. The molecule has 0 aliphatic rings. The van der Waals surface area contributed by atoms with Crippen molar-refractivity contribution in [2.45, 2.75) is 38.8 Å². The second-order valence-electron chi connectivity index (χ2n) is 5.35. The molecule has 1 N–H and O–H groups in total. The molecular weight excluding hydrogens is 278 g/mol. The maximum atomic E-state index is 12.4. The summed E-state index contributed by atoms with van der Waals surface area (Å²) in [7, 11) is 1.83. The minimum Gasteiger partial charge on any atom is -0.472 e. The van der Waals surface area contributed by atoms with E-state index in [4.69, 9.17) is 4.42 Å². The first kappa shape index (κ1) is 16.1. The first-order valence-electron chi connectivity index (χ1n) is 7.64. The molecule has 0 aromatic carbocycles. The van der Waals surface area contributed by atoms with Gasteiger partial charge in [0.2, 0.25) is 0 Å². The number of hydrogen-bond acceptors (Lipinski definition) is 3. The van der Waals surface area contributed by atoms with E-state index in [1.54, 1.807) is 23.6 Å². The molecule has 0 radical (unpaired) electrons. The largest absolute Gasteiger partial charge is 0.472 e. The fourth-order valence-corrected chi connectivity index (χ4v) is 2.39. The summed E-state index contributed by atoms with van der Waals surface area (Å²) in [6.45, 7) is 2.62. The van der Waals surface area contributed by atoms with Gasteiger partial charge in [0.05, 0.1) is 18.6 Å². The zero-order valence-electron chi connectivity index (χ0n) is 13.2. The molecule has 0 saturated carbocycles. The first-order valence-corrected chi connectivity index (χ1v) is 7.64. The highest BCUT2D eigenvalue weighted by atomic mass is 16.3. The summed E-state index contributed by atoms with van der Waals surface area (Å²) >= 11 is 0. The van der Waals surface area contributed by atoms with Crippen molar-refractivity contribution in [3.63, 3.8) is 0 Å². The fourth-order valence-electron chi connectivity index (χ4n) is 2.39. The summed E-state index contributed by atoms with van der Waals surface area (Å²) in [6, 6.07) is 5.72. The van der Waals surface area contributed by atoms with Gasteiger partial charge < -0.3 is 14.6 Å². The first-order chi connectivity index (χ1) is 10.7. The minimum absolute atomic E-state index is 0.0398. The normalized spacial score (nSPS) is 11.9. The number of nitrogens with zero attached hydrogens (tertiary/aromatic N) is 2. The van der Waals surface area contributed by atoms with Crippen molar-refractivity contribution in [2.75, 3.05) is 7.05 Å². The molecule has 5 nitrogen and oxygen atoms in total. The zero-order valence-corrected chi connectivity index (χ0v) is 13.2. The van der Waals surface area contributed by atoms with E-state index in [9.17, 15) is 4.79 Å². The molecule has 2 rings (SSSR count). The van der Waals surface area contributed by atoms with Gasteiger partial charge in [-0.15, -0.1) is 0 Å². The lowest BCUT2D eigenvalue weighted by Crippen LogP contribution is -2.39. The average Bonchev–Trinajstić information content (AvgIpc) is 3.07. The molecule has 0 bridgehead atoms. The number of urea groups is 1. The molecule has 0 aliphatic heterocycles. The molecule has 0 saturated heterocycles. The molecule has 2 amide bonds. The van der Waals surface area contributed by atoms with Crippen LogP contribution in [0.3, 0.4) is 0 Å². The Morgan fingerprint density at radius 3 is 2.95 bits per heavy atom. The number of amides is 2. The highest BCUT2D eigenvalue weighted by molar-refractivity contribution is 5.74. The van der Waals surface area contributed by atoms with Crippen molar-refractivity contribution in [1.29, 1.82) is 0 Å². The lowest BCUT2D eigenvalue weighted by Gasteiger charge is -2.28. The van der Waals surface area contributed by atoms with E-state index in [1.165, 1.54) is 0 Å². The van der Waals surface area contributed by atoms with E-state index in [0.29, 0.717) is 6.54 Å². The van der Waals surface area contributed by atoms with Gasteiger partial charge in [-0.25, -0.2) is 4.79 Å². The molecule has 5 heteroatoms. The van der Waals surface area contributed by atoms with E-state index in [0.717, 1.165) is 30.4 Å². The molecule has 1 unspecified atom stereocenters. The van der Waals surface area contributed by atoms with E-state index in [1.807, 2.05) is 31.4 Å². The van der Waals surface area contributed by atoms with E-state index in [-0.39, 0.29) is 12.1 Å². The number of hydrogen-bond donors (Lipinski definition) is 1. The number of aromatic nitrogens is 1. The van der Waals surface area contributed by atoms with Gasteiger partial charge in [0, 0.05) is 31.5 Å². The van der Waals surface area contributed by atoms with Crippen LogP contribution in [0.1, 0.15) is 43.4 Å². The number of furan rings is 1. The van der Waals surface area contributed by atoms with Crippen LogP contribution in [0, 0.1) is 0 Å². The second-order valence-corrected chi connectivity index (χ2v) is 5.35. The molecule has 0 fully saturated rings. The Bertz CT molecular complexity index is 555. The van der Waals surface area contributed by atoms with Gasteiger partial charge in [-0.2, -0.15) is 0 Å². The van der Waals surface area contributed by atoms with Crippen LogP contribution in [0.4, 0.5) is 4.79 Å². The summed E-state index contributed by atoms with van der Waals surface area (Å²) < 4.78 is 5.00. The lowest BCUT2D eigenvalue weighted by atomic mass is 10.0. The van der Waals surface area contributed by atoms with Crippen molar-refractivity contribution >= 4 is 6.03 Å². The Morgan fingerprint density at radius 2 is 2.32 bits per heavy atom. The van der Waals surface area contributed by atoms with Gasteiger partial charge >= 0.3 is 6.03 Å². The van der Waals surface area contributed by atoms with Gasteiger partial charge in [0.1, 0.15) is 0 Å². The van der Waals surface area contributed by atoms with Crippen molar-refractivity contribution in [1.82, 2.24) is 15.2 Å².